The summed E-state index contributed by atoms with van der Waals surface area (Å²) in [5, 5.41) is 2.58. The first-order valence-electron chi connectivity index (χ1n) is 7.39. The van der Waals surface area contributed by atoms with E-state index in [-0.39, 0.29) is 5.78 Å². The summed E-state index contributed by atoms with van der Waals surface area (Å²) in [5.74, 6) is -0.140. The van der Waals surface area contributed by atoms with Crippen molar-refractivity contribution in [3.63, 3.8) is 0 Å². The van der Waals surface area contributed by atoms with E-state index in [1.165, 1.54) is 6.92 Å². The lowest BCUT2D eigenvalue weighted by Gasteiger charge is -2.26. The van der Waals surface area contributed by atoms with Crippen LogP contribution in [0.1, 0.15) is 33.2 Å². The van der Waals surface area contributed by atoms with Crippen LogP contribution in [0, 0.1) is 6.92 Å². The number of aryl methyl sites for hydroxylation is 1. The molecule has 0 aromatic heterocycles. The zero-order chi connectivity index (χ0) is 18.6. The van der Waals surface area contributed by atoms with Crippen molar-refractivity contribution in [2.75, 3.05) is 0 Å². The van der Waals surface area contributed by atoms with E-state index in [1.54, 1.807) is 49.4 Å². The van der Waals surface area contributed by atoms with Crippen molar-refractivity contribution in [2.24, 2.45) is 0 Å². The second-order valence-corrected chi connectivity index (χ2v) is 7.78. The van der Waals surface area contributed by atoms with Crippen LogP contribution >= 0.6 is 34.8 Å². The predicted octanol–water partition coefficient (Wildman–Crippen LogP) is 4.70. The maximum absolute atomic E-state index is 12.4. The number of hydrogen-bond acceptors (Lipinski definition) is 3. The van der Waals surface area contributed by atoms with Gasteiger partial charge in [-0.2, -0.15) is 0 Å². The third kappa shape index (κ3) is 5.36. The van der Waals surface area contributed by atoms with Gasteiger partial charge in [0, 0.05) is 11.1 Å². The summed E-state index contributed by atoms with van der Waals surface area (Å²) in [6, 6.07) is 13.4. The largest absolute Gasteiger partial charge is 0.466 e. The molecule has 1 atom stereocenters. The van der Waals surface area contributed by atoms with Gasteiger partial charge >= 0.3 is 0 Å². The van der Waals surface area contributed by atoms with Crippen LogP contribution in [0.4, 0.5) is 0 Å². The van der Waals surface area contributed by atoms with Crippen LogP contribution in [0.2, 0.25) is 0 Å². The molecule has 0 heterocycles. The average Bonchev–Trinajstić information content (AvgIpc) is 2.54. The molecule has 1 unspecified atom stereocenters. The third-order valence-electron chi connectivity index (χ3n) is 3.46. The molecular formula is C18H16Cl3NO3. The quantitative estimate of drug-likeness (QED) is 0.449. The first-order chi connectivity index (χ1) is 11.7. The van der Waals surface area contributed by atoms with Gasteiger partial charge in [0.15, 0.2) is 5.78 Å². The molecule has 25 heavy (non-hydrogen) atoms. The Morgan fingerprint density at radius 2 is 1.64 bits per heavy atom. The Hall–Kier alpha value is -1.75. The molecule has 2 aromatic rings. The van der Waals surface area contributed by atoms with E-state index < -0.39 is 15.9 Å². The molecule has 0 saturated heterocycles. The molecule has 7 heteroatoms. The molecule has 1 N–H and O–H groups in total. The van der Waals surface area contributed by atoms with Crippen LogP contribution in [0.15, 0.2) is 48.5 Å². The summed E-state index contributed by atoms with van der Waals surface area (Å²) in [6.45, 7) is 3.27. The van der Waals surface area contributed by atoms with E-state index in [4.69, 9.17) is 39.5 Å². The van der Waals surface area contributed by atoms with Gasteiger partial charge in [0.25, 0.3) is 5.91 Å². The fourth-order valence-electron chi connectivity index (χ4n) is 2.11. The van der Waals surface area contributed by atoms with E-state index in [0.29, 0.717) is 16.9 Å². The van der Waals surface area contributed by atoms with Crippen molar-refractivity contribution >= 4 is 46.5 Å². The summed E-state index contributed by atoms with van der Waals surface area (Å²) in [4.78, 5) is 23.8. The van der Waals surface area contributed by atoms with Gasteiger partial charge in [-0.25, -0.2) is 0 Å². The molecule has 0 spiro atoms. The van der Waals surface area contributed by atoms with Gasteiger partial charge in [0.05, 0.1) is 0 Å². The average molecular weight is 401 g/mol. The second-order valence-electron chi connectivity index (χ2n) is 5.41. The Morgan fingerprint density at radius 3 is 2.16 bits per heavy atom. The van der Waals surface area contributed by atoms with E-state index >= 15 is 0 Å². The lowest BCUT2D eigenvalue weighted by atomic mass is 10.1. The Kier molecular flexibility index (Phi) is 6.33. The highest BCUT2D eigenvalue weighted by Crippen LogP contribution is 2.32. The van der Waals surface area contributed by atoms with E-state index in [2.05, 4.69) is 5.32 Å². The first-order valence-corrected chi connectivity index (χ1v) is 8.52. The summed E-state index contributed by atoms with van der Waals surface area (Å²) in [5.41, 5.74) is 1.77. The Morgan fingerprint density at radius 1 is 1.04 bits per heavy atom. The minimum absolute atomic E-state index is 0.0719. The number of halogens is 3. The highest BCUT2D eigenvalue weighted by Gasteiger charge is 2.36. The molecule has 0 aliphatic heterocycles. The molecule has 0 radical (unpaired) electrons. The summed E-state index contributed by atoms with van der Waals surface area (Å²) in [6.07, 6.45) is -1.22. The van der Waals surface area contributed by atoms with Crippen LogP contribution in [-0.2, 0) is 0 Å². The SMILES string of the molecule is CC(=O)c1ccc(OC(NC(=O)c2ccccc2C)C(Cl)(Cl)Cl)cc1. The maximum atomic E-state index is 12.4. The molecule has 132 valence electrons. The van der Waals surface area contributed by atoms with Gasteiger partial charge in [-0.1, -0.05) is 53.0 Å². The fourth-order valence-corrected chi connectivity index (χ4v) is 2.40. The molecule has 0 fully saturated rings. The maximum Gasteiger partial charge on any atom is 0.254 e. The number of carbonyl (C=O) groups excluding carboxylic acids is 2. The van der Waals surface area contributed by atoms with Crippen molar-refractivity contribution in [2.45, 2.75) is 23.9 Å². The zero-order valence-corrected chi connectivity index (χ0v) is 15.8. The number of hydrogen-bond donors (Lipinski definition) is 1. The van der Waals surface area contributed by atoms with Crippen molar-refractivity contribution in [1.29, 1.82) is 0 Å². The molecule has 2 rings (SSSR count). The number of carbonyl (C=O) groups is 2. The lowest BCUT2D eigenvalue weighted by molar-refractivity contribution is 0.0832. The van der Waals surface area contributed by atoms with Gasteiger partial charge in [-0.3, -0.25) is 9.59 Å². The van der Waals surface area contributed by atoms with Crippen LogP contribution in [0.5, 0.6) is 5.75 Å². The van der Waals surface area contributed by atoms with E-state index in [1.807, 2.05) is 6.07 Å². The molecule has 0 aliphatic rings. The van der Waals surface area contributed by atoms with Gasteiger partial charge in [0.2, 0.25) is 10.0 Å². The molecule has 2 aromatic carbocycles. The number of nitrogens with one attached hydrogen (secondary N) is 1. The van der Waals surface area contributed by atoms with Gasteiger partial charge < -0.3 is 10.1 Å². The fraction of sp³-hybridized carbons (Fsp3) is 0.222. The highest BCUT2D eigenvalue weighted by atomic mass is 35.6. The van der Waals surface area contributed by atoms with E-state index in [9.17, 15) is 9.59 Å². The molecule has 1 amide bonds. The Labute approximate surface area is 161 Å². The second kappa shape index (κ2) is 8.09. The highest BCUT2D eigenvalue weighted by molar-refractivity contribution is 6.68. The Balaban J connectivity index is 2.18. The van der Waals surface area contributed by atoms with Crippen molar-refractivity contribution in [3.05, 3.63) is 65.2 Å². The standard InChI is InChI=1S/C18H16Cl3NO3/c1-11-5-3-4-6-15(11)16(24)22-17(18(19,20)21)25-14-9-7-13(8-10-14)12(2)23/h3-10,17H,1-2H3,(H,22,24). The number of ether oxygens (including phenoxy) is 1. The number of ketones is 1. The Bertz CT molecular complexity index is 770. The molecule has 0 saturated carbocycles. The predicted molar refractivity (Wildman–Crippen MR) is 99.8 cm³/mol. The monoisotopic (exact) mass is 399 g/mol. The van der Waals surface area contributed by atoms with Gasteiger partial charge in [-0.05, 0) is 49.7 Å². The third-order valence-corrected chi connectivity index (χ3v) is 4.06. The number of amides is 1. The smallest absolute Gasteiger partial charge is 0.254 e. The normalized spacial score (nSPS) is 12.4. The summed E-state index contributed by atoms with van der Waals surface area (Å²) < 4.78 is 3.72. The topological polar surface area (TPSA) is 55.4 Å². The van der Waals surface area contributed by atoms with Gasteiger partial charge in [0.1, 0.15) is 5.75 Å². The summed E-state index contributed by atoms with van der Waals surface area (Å²) in [7, 11) is 0. The van der Waals surface area contributed by atoms with Crippen LogP contribution in [0.25, 0.3) is 0 Å². The van der Waals surface area contributed by atoms with Crippen LogP contribution < -0.4 is 10.1 Å². The minimum atomic E-state index is -1.89. The van der Waals surface area contributed by atoms with Gasteiger partial charge in [-0.15, -0.1) is 0 Å². The first kappa shape index (κ1) is 19.6. The molecule has 0 bridgehead atoms. The van der Waals surface area contributed by atoms with Crippen molar-refractivity contribution < 1.29 is 14.3 Å². The van der Waals surface area contributed by atoms with Crippen LogP contribution in [0.3, 0.4) is 0 Å². The number of alkyl halides is 3. The van der Waals surface area contributed by atoms with Crippen molar-refractivity contribution in [3.8, 4) is 5.75 Å². The number of benzene rings is 2. The minimum Gasteiger partial charge on any atom is -0.466 e. The lowest BCUT2D eigenvalue weighted by Crippen LogP contribution is -2.48. The molecule has 0 aliphatic carbocycles. The molecule has 4 nitrogen and oxygen atoms in total. The summed E-state index contributed by atoms with van der Waals surface area (Å²) >= 11 is 17.8. The zero-order valence-electron chi connectivity index (χ0n) is 13.6. The molecular weight excluding hydrogens is 385 g/mol. The number of Topliss-reactive ketones (excluding diaryl/α,β-unsaturated/α-hetero) is 1. The van der Waals surface area contributed by atoms with E-state index in [0.717, 1.165) is 5.56 Å². The van der Waals surface area contributed by atoms with Crippen molar-refractivity contribution in [1.82, 2.24) is 5.32 Å². The number of rotatable bonds is 5. The van der Waals surface area contributed by atoms with Crippen LogP contribution in [-0.4, -0.2) is 21.7 Å².